The summed E-state index contributed by atoms with van der Waals surface area (Å²) >= 11 is 7.12. The number of hydrogen-bond acceptors (Lipinski definition) is 5. The van der Waals surface area contributed by atoms with Crippen LogP contribution in [0.3, 0.4) is 0 Å². The molecular weight excluding hydrogens is 220 g/mol. The van der Waals surface area contributed by atoms with E-state index in [2.05, 4.69) is 10.2 Å². The summed E-state index contributed by atoms with van der Waals surface area (Å²) < 4.78 is 0. The van der Waals surface area contributed by atoms with Crippen molar-refractivity contribution in [3.63, 3.8) is 0 Å². The molecule has 1 aromatic carbocycles. The molecule has 0 aliphatic carbocycles. The van der Waals surface area contributed by atoms with Gasteiger partial charge in [-0.2, -0.15) is 0 Å². The van der Waals surface area contributed by atoms with Gasteiger partial charge in [0.1, 0.15) is 0 Å². The summed E-state index contributed by atoms with van der Waals surface area (Å²) in [6.45, 7) is 0. The van der Waals surface area contributed by atoms with Gasteiger partial charge in [-0.3, -0.25) is 0 Å². The van der Waals surface area contributed by atoms with E-state index >= 15 is 0 Å². The van der Waals surface area contributed by atoms with E-state index in [1.165, 1.54) is 11.3 Å². The lowest BCUT2D eigenvalue weighted by molar-refractivity contribution is 1.10. The highest BCUT2D eigenvalue weighted by Crippen LogP contribution is 2.31. The SMILES string of the molecule is Nc1nnc(-c2cc(Cl)ccc2N)s1. The van der Waals surface area contributed by atoms with Crippen LogP contribution in [0.4, 0.5) is 10.8 Å². The fourth-order valence-corrected chi connectivity index (χ4v) is 1.88. The number of anilines is 2. The zero-order valence-electron chi connectivity index (χ0n) is 7.07. The lowest BCUT2D eigenvalue weighted by Gasteiger charge is -2.00. The van der Waals surface area contributed by atoms with Gasteiger partial charge in [0.25, 0.3) is 0 Å². The highest BCUT2D eigenvalue weighted by molar-refractivity contribution is 7.18. The van der Waals surface area contributed by atoms with E-state index in [1.54, 1.807) is 18.2 Å². The Balaban J connectivity index is 2.55. The zero-order valence-corrected chi connectivity index (χ0v) is 8.64. The molecule has 2 aromatic rings. The molecule has 0 aliphatic heterocycles. The van der Waals surface area contributed by atoms with Crippen LogP contribution in [-0.4, -0.2) is 10.2 Å². The number of nitrogens with zero attached hydrogens (tertiary/aromatic N) is 2. The maximum Gasteiger partial charge on any atom is 0.203 e. The first kappa shape index (κ1) is 9.23. The first-order valence-electron chi connectivity index (χ1n) is 3.81. The molecule has 1 heterocycles. The maximum absolute atomic E-state index is 5.84. The largest absolute Gasteiger partial charge is 0.398 e. The van der Waals surface area contributed by atoms with Crippen molar-refractivity contribution in [2.45, 2.75) is 0 Å². The van der Waals surface area contributed by atoms with E-state index < -0.39 is 0 Å². The lowest BCUT2D eigenvalue weighted by Crippen LogP contribution is -1.89. The third-order valence-electron chi connectivity index (χ3n) is 1.69. The molecule has 0 saturated carbocycles. The smallest absolute Gasteiger partial charge is 0.203 e. The van der Waals surface area contributed by atoms with Gasteiger partial charge in [-0.1, -0.05) is 22.9 Å². The molecular formula is C8H7ClN4S. The van der Waals surface area contributed by atoms with E-state index in [0.29, 0.717) is 20.8 Å². The molecule has 0 unspecified atom stereocenters. The molecule has 0 atom stereocenters. The number of rotatable bonds is 1. The van der Waals surface area contributed by atoms with Crippen LogP contribution >= 0.6 is 22.9 Å². The van der Waals surface area contributed by atoms with Gasteiger partial charge in [0.15, 0.2) is 5.01 Å². The molecule has 0 aliphatic rings. The van der Waals surface area contributed by atoms with Gasteiger partial charge in [0, 0.05) is 16.3 Å². The summed E-state index contributed by atoms with van der Waals surface area (Å²) in [7, 11) is 0. The Kier molecular flexibility index (Phi) is 2.26. The molecule has 0 fully saturated rings. The van der Waals surface area contributed by atoms with Gasteiger partial charge in [0.05, 0.1) is 0 Å². The minimum atomic E-state index is 0.416. The molecule has 0 spiro atoms. The summed E-state index contributed by atoms with van der Waals surface area (Å²) in [6, 6.07) is 5.21. The molecule has 72 valence electrons. The third kappa shape index (κ3) is 1.64. The van der Waals surface area contributed by atoms with E-state index in [9.17, 15) is 0 Å². The second kappa shape index (κ2) is 3.43. The highest BCUT2D eigenvalue weighted by atomic mass is 35.5. The van der Waals surface area contributed by atoms with Crippen LogP contribution in [0, 0.1) is 0 Å². The summed E-state index contributed by atoms with van der Waals surface area (Å²) in [5.74, 6) is 0. The van der Waals surface area contributed by atoms with Crippen molar-refractivity contribution in [3.8, 4) is 10.6 Å². The average Bonchev–Trinajstić information content (AvgIpc) is 2.56. The predicted octanol–water partition coefficient (Wildman–Crippen LogP) is 2.02. The Bertz CT molecular complexity index is 468. The second-order valence-corrected chi connectivity index (χ2v) is 4.12. The molecule has 0 radical (unpaired) electrons. The summed E-state index contributed by atoms with van der Waals surface area (Å²) in [6.07, 6.45) is 0. The van der Waals surface area contributed by atoms with Crippen molar-refractivity contribution in [1.82, 2.24) is 10.2 Å². The quantitative estimate of drug-likeness (QED) is 0.730. The van der Waals surface area contributed by atoms with Crippen LogP contribution in [-0.2, 0) is 0 Å². The van der Waals surface area contributed by atoms with Crippen molar-refractivity contribution in [2.75, 3.05) is 11.5 Å². The summed E-state index contributed by atoms with van der Waals surface area (Å²) in [4.78, 5) is 0. The number of hydrogen-bond donors (Lipinski definition) is 2. The predicted molar refractivity (Wildman–Crippen MR) is 59.2 cm³/mol. The second-order valence-electron chi connectivity index (χ2n) is 2.68. The fourth-order valence-electron chi connectivity index (χ4n) is 1.06. The first-order chi connectivity index (χ1) is 6.66. The van der Waals surface area contributed by atoms with E-state index in [1.807, 2.05) is 0 Å². The van der Waals surface area contributed by atoms with E-state index in [4.69, 9.17) is 23.1 Å². The van der Waals surface area contributed by atoms with Crippen LogP contribution in [0.25, 0.3) is 10.6 Å². The standard InChI is InChI=1S/C8H7ClN4S/c9-4-1-2-6(10)5(3-4)7-12-13-8(11)14-7/h1-3H,10H2,(H2,11,13). The van der Waals surface area contributed by atoms with Crippen molar-refractivity contribution in [2.24, 2.45) is 0 Å². The van der Waals surface area contributed by atoms with Crippen LogP contribution in [0.15, 0.2) is 18.2 Å². The normalized spacial score (nSPS) is 10.4. The Morgan fingerprint density at radius 2 is 2.00 bits per heavy atom. The van der Waals surface area contributed by atoms with Crippen molar-refractivity contribution in [3.05, 3.63) is 23.2 Å². The maximum atomic E-state index is 5.84. The Morgan fingerprint density at radius 3 is 2.64 bits per heavy atom. The minimum absolute atomic E-state index is 0.416. The molecule has 0 saturated heterocycles. The van der Waals surface area contributed by atoms with Crippen molar-refractivity contribution >= 4 is 33.8 Å². The Hall–Kier alpha value is -1.33. The Labute approximate surface area is 89.5 Å². The fraction of sp³-hybridized carbons (Fsp3) is 0. The molecule has 6 heteroatoms. The minimum Gasteiger partial charge on any atom is -0.398 e. The molecule has 4 N–H and O–H groups in total. The third-order valence-corrected chi connectivity index (χ3v) is 2.71. The Morgan fingerprint density at radius 1 is 1.21 bits per heavy atom. The monoisotopic (exact) mass is 226 g/mol. The van der Waals surface area contributed by atoms with Gasteiger partial charge in [-0.05, 0) is 18.2 Å². The van der Waals surface area contributed by atoms with Gasteiger partial charge in [-0.25, -0.2) is 0 Å². The highest BCUT2D eigenvalue weighted by Gasteiger charge is 2.08. The summed E-state index contributed by atoms with van der Waals surface area (Å²) in [5.41, 5.74) is 12.6. The van der Waals surface area contributed by atoms with Crippen molar-refractivity contribution < 1.29 is 0 Å². The number of benzene rings is 1. The van der Waals surface area contributed by atoms with E-state index in [0.717, 1.165) is 5.56 Å². The number of aromatic nitrogens is 2. The molecule has 0 amide bonds. The zero-order chi connectivity index (χ0) is 10.1. The molecule has 0 bridgehead atoms. The van der Waals surface area contributed by atoms with Gasteiger partial charge < -0.3 is 11.5 Å². The average molecular weight is 227 g/mol. The summed E-state index contributed by atoms with van der Waals surface area (Å²) in [5, 5.41) is 9.32. The molecule has 14 heavy (non-hydrogen) atoms. The van der Waals surface area contributed by atoms with Gasteiger partial charge >= 0.3 is 0 Å². The number of halogens is 1. The van der Waals surface area contributed by atoms with Gasteiger partial charge in [-0.15, -0.1) is 10.2 Å². The van der Waals surface area contributed by atoms with Crippen LogP contribution < -0.4 is 11.5 Å². The van der Waals surface area contributed by atoms with Crippen LogP contribution in [0.5, 0.6) is 0 Å². The number of nitrogen functional groups attached to an aromatic ring is 2. The van der Waals surface area contributed by atoms with E-state index in [-0.39, 0.29) is 0 Å². The molecule has 4 nitrogen and oxygen atoms in total. The van der Waals surface area contributed by atoms with Crippen LogP contribution in [0.1, 0.15) is 0 Å². The lowest BCUT2D eigenvalue weighted by atomic mass is 10.2. The first-order valence-corrected chi connectivity index (χ1v) is 5.00. The number of nitrogens with two attached hydrogens (primary N) is 2. The topological polar surface area (TPSA) is 77.8 Å². The molecule has 2 rings (SSSR count). The van der Waals surface area contributed by atoms with Crippen molar-refractivity contribution in [1.29, 1.82) is 0 Å². The van der Waals surface area contributed by atoms with Gasteiger partial charge in [0.2, 0.25) is 5.13 Å². The van der Waals surface area contributed by atoms with Crippen LogP contribution in [0.2, 0.25) is 5.02 Å². The molecule has 1 aromatic heterocycles.